The fourth-order valence-corrected chi connectivity index (χ4v) is 9.71. The number of aliphatic hydroxyl groups is 5. The van der Waals surface area contributed by atoms with Gasteiger partial charge in [0.15, 0.2) is 6.29 Å². The van der Waals surface area contributed by atoms with Gasteiger partial charge in [0.05, 0.1) is 25.4 Å². The molecule has 1 heterocycles. The van der Waals surface area contributed by atoms with E-state index in [4.69, 9.17) is 9.47 Å². The minimum atomic E-state index is -1.58. The van der Waals surface area contributed by atoms with Crippen molar-refractivity contribution in [1.29, 1.82) is 0 Å². The topological polar surface area (TPSA) is 149 Å². The summed E-state index contributed by atoms with van der Waals surface area (Å²) in [4.78, 5) is 13.1. The van der Waals surface area contributed by atoms with Gasteiger partial charge in [-0.1, -0.05) is 272 Å². The molecular weight excluding hydrogens is 947 g/mol. The third kappa shape index (κ3) is 44.2. The first-order valence-electron chi connectivity index (χ1n) is 31.8. The standard InChI is InChI=1S/C67H119NO8/c1-3-5-7-9-11-13-15-17-19-21-23-25-27-29-30-31-32-33-35-37-39-41-43-45-47-49-51-53-55-57-63(71)68-60(59-75-67-66(74)65(73)64(72)62(58-69)76-67)61(70)56-54-52-50-48-46-44-42-40-38-36-34-28-26-24-22-20-18-16-14-12-10-8-6-4-2/h5,7,11,13,17,19,23,25,38,40,46,48,54,56,60-62,64-67,69-70,72-74H,3-4,6,8-10,12,14-16,18,20-22,24,26-37,39,41-45,47,49-53,55,57-59H2,1-2H3,(H,68,71)/b7-5-,13-11-,19-17-,25-23-,40-38+,48-46+,56-54+. The molecule has 440 valence electrons. The van der Waals surface area contributed by atoms with Crippen LogP contribution in [0.2, 0.25) is 0 Å². The number of ether oxygens (including phenoxy) is 2. The molecule has 0 aromatic rings. The van der Waals surface area contributed by atoms with Crippen molar-refractivity contribution in [3.8, 4) is 0 Å². The Bertz CT molecular complexity index is 1470. The molecule has 0 bridgehead atoms. The molecule has 7 atom stereocenters. The van der Waals surface area contributed by atoms with Gasteiger partial charge in [-0.05, 0) is 83.5 Å². The van der Waals surface area contributed by atoms with Crippen LogP contribution >= 0.6 is 0 Å². The number of unbranched alkanes of at least 4 members (excludes halogenated alkanes) is 32. The number of rotatable bonds is 54. The van der Waals surface area contributed by atoms with Crippen LogP contribution in [0.5, 0.6) is 0 Å². The number of carbonyl (C=O) groups is 1. The molecule has 7 unspecified atom stereocenters. The molecule has 1 aliphatic rings. The number of nitrogens with one attached hydrogen (secondary N) is 1. The highest BCUT2D eigenvalue weighted by Gasteiger charge is 2.44. The predicted octanol–water partition coefficient (Wildman–Crippen LogP) is 16.6. The number of carbonyl (C=O) groups excluding carboxylic acids is 1. The van der Waals surface area contributed by atoms with Crippen LogP contribution in [-0.4, -0.2) is 87.5 Å². The molecule has 0 spiro atoms. The van der Waals surface area contributed by atoms with Gasteiger partial charge in [0.25, 0.3) is 0 Å². The van der Waals surface area contributed by atoms with E-state index in [1.807, 2.05) is 6.08 Å². The summed E-state index contributed by atoms with van der Waals surface area (Å²) >= 11 is 0. The summed E-state index contributed by atoms with van der Waals surface area (Å²) in [6, 6.07) is -0.833. The summed E-state index contributed by atoms with van der Waals surface area (Å²) in [5.41, 5.74) is 0. The number of hydrogen-bond acceptors (Lipinski definition) is 8. The van der Waals surface area contributed by atoms with Crippen LogP contribution in [0.1, 0.15) is 277 Å². The summed E-state index contributed by atoms with van der Waals surface area (Å²) in [5.74, 6) is -0.191. The second kappa shape index (κ2) is 55.7. The second-order valence-corrected chi connectivity index (χ2v) is 21.8. The average Bonchev–Trinajstić information content (AvgIpc) is 3.42. The lowest BCUT2D eigenvalue weighted by molar-refractivity contribution is -0.302. The van der Waals surface area contributed by atoms with E-state index in [9.17, 15) is 30.3 Å². The Morgan fingerprint density at radius 2 is 0.829 bits per heavy atom. The maximum Gasteiger partial charge on any atom is 0.220 e. The van der Waals surface area contributed by atoms with Gasteiger partial charge in [-0.15, -0.1) is 0 Å². The highest BCUT2D eigenvalue weighted by molar-refractivity contribution is 5.76. The minimum Gasteiger partial charge on any atom is -0.394 e. The first-order chi connectivity index (χ1) is 37.3. The summed E-state index contributed by atoms with van der Waals surface area (Å²) in [7, 11) is 0. The molecule has 1 aliphatic heterocycles. The van der Waals surface area contributed by atoms with Crippen molar-refractivity contribution in [1.82, 2.24) is 5.32 Å². The molecule has 0 saturated carbocycles. The van der Waals surface area contributed by atoms with Gasteiger partial charge in [-0.25, -0.2) is 0 Å². The van der Waals surface area contributed by atoms with Crippen molar-refractivity contribution in [3.05, 3.63) is 85.1 Å². The highest BCUT2D eigenvalue weighted by atomic mass is 16.7. The summed E-state index contributed by atoms with van der Waals surface area (Å²) in [6.45, 7) is 3.67. The van der Waals surface area contributed by atoms with Crippen LogP contribution < -0.4 is 5.32 Å². The monoisotopic (exact) mass is 1070 g/mol. The van der Waals surface area contributed by atoms with Gasteiger partial charge >= 0.3 is 0 Å². The number of aliphatic hydroxyl groups excluding tert-OH is 5. The fourth-order valence-electron chi connectivity index (χ4n) is 9.71. The zero-order valence-corrected chi connectivity index (χ0v) is 49.0. The zero-order chi connectivity index (χ0) is 55.0. The third-order valence-corrected chi connectivity index (χ3v) is 14.7. The summed E-state index contributed by atoms with van der Waals surface area (Å²) in [6.07, 6.45) is 72.4. The first-order valence-corrected chi connectivity index (χ1v) is 31.8. The number of hydrogen-bond donors (Lipinski definition) is 6. The van der Waals surface area contributed by atoms with E-state index in [0.717, 1.165) is 70.6 Å². The lowest BCUT2D eigenvalue weighted by atomic mass is 9.99. The Morgan fingerprint density at radius 3 is 1.26 bits per heavy atom. The van der Waals surface area contributed by atoms with E-state index in [1.165, 1.54) is 186 Å². The molecule has 6 N–H and O–H groups in total. The molecule has 76 heavy (non-hydrogen) atoms. The minimum absolute atomic E-state index is 0.191. The maximum absolute atomic E-state index is 13.1. The van der Waals surface area contributed by atoms with Gasteiger partial charge in [0.1, 0.15) is 24.4 Å². The summed E-state index contributed by atoms with van der Waals surface area (Å²) in [5, 5.41) is 54.6. The Balaban J connectivity index is 2.21. The van der Waals surface area contributed by atoms with Crippen molar-refractivity contribution >= 4 is 5.91 Å². The maximum atomic E-state index is 13.1. The molecule has 0 radical (unpaired) electrons. The Morgan fingerprint density at radius 1 is 0.461 bits per heavy atom. The van der Waals surface area contributed by atoms with Crippen LogP contribution in [0.15, 0.2) is 85.1 Å². The van der Waals surface area contributed by atoms with Gasteiger partial charge < -0.3 is 40.3 Å². The molecule has 0 aliphatic carbocycles. The van der Waals surface area contributed by atoms with E-state index in [-0.39, 0.29) is 12.5 Å². The van der Waals surface area contributed by atoms with E-state index < -0.39 is 49.5 Å². The van der Waals surface area contributed by atoms with Gasteiger partial charge in [0.2, 0.25) is 5.91 Å². The molecule has 1 saturated heterocycles. The van der Waals surface area contributed by atoms with Gasteiger partial charge in [-0.3, -0.25) is 4.79 Å². The zero-order valence-electron chi connectivity index (χ0n) is 49.0. The van der Waals surface area contributed by atoms with Crippen LogP contribution in [0.3, 0.4) is 0 Å². The number of amides is 1. The summed E-state index contributed by atoms with van der Waals surface area (Å²) < 4.78 is 11.3. The SMILES string of the molecule is CC/C=C\C/C=C\C/C=C\C/C=C\CCCCCCCCCCCCCCCCCCC(=O)NC(COC1OC(CO)C(O)C(O)C1O)C(O)/C=C/CC/C=C/CC/C=C/CCCCCCCCCCCCCCCC. The average molecular weight is 1070 g/mol. The van der Waals surface area contributed by atoms with Crippen LogP contribution in [0.4, 0.5) is 0 Å². The van der Waals surface area contributed by atoms with E-state index in [1.54, 1.807) is 6.08 Å². The third-order valence-electron chi connectivity index (χ3n) is 14.7. The Labute approximate surface area is 467 Å². The van der Waals surface area contributed by atoms with Crippen molar-refractivity contribution in [2.75, 3.05) is 13.2 Å². The molecule has 1 fully saturated rings. The normalized spacial score (nSPS) is 19.4. The van der Waals surface area contributed by atoms with Crippen LogP contribution in [0, 0.1) is 0 Å². The molecule has 9 nitrogen and oxygen atoms in total. The molecule has 1 rings (SSSR count). The second-order valence-electron chi connectivity index (χ2n) is 21.8. The quantitative estimate of drug-likeness (QED) is 0.0261. The Kier molecular flexibility index (Phi) is 52.3. The largest absolute Gasteiger partial charge is 0.394 e. The van der Waals surface area contributed by atoms with Crippen molar-refractivity contribution in [2.45, 2.75) is 320 Å². The predicted molar refractivity (Wildman–Crippen MR) is 322 cm³/mol. The highest BCUT2D eigenvalue weighted by Crippen LogP contribution is 2.23. The van der Waals surface area contributed by atoms with Crippen molar-refractivity contribution < 1.29 is 39.8 Å². The molecule has 0 aromatic carbocycles. The Hall–Kier alpha value is -2.63. The lowest BCUT2D eigenvalue weighted by Gasteiger charge is -2.40. The van der Waals surface area contributed by atoms with Gasteiger partial charge in [0, 0.05) is 6.42 Å². The smallest absolute Gasteiger partial charge is 0.220 e. The van der Waals surface area contributed by atoms with E-state index in [0.29, 0.717) is 6.42 Å². The molecule has 0 aromatic heterocycles. The van der Waals surface area contributed by atoms with E-state index in [2.05, 4.69) is 92.1 Å². The van der Waals surface area contributed by atoms with Crippen LogP contribution in [-0.2, 0) is 14.3 Å². The van der Waals surface area contributed by atoms with Crippen LogP contribution in [0.25, 0.3) is 0 Å². The van der Waals surface area contributed by atoms with E-state index >= 15 is 0 Å². The lowest BCUT2D eigenvalue weighted by Crippen LogP contribution is -2.60. The van der Waals surface area contributed by atoms with Gasteiger partial charge in [-0.2, -0.15) is 0 Å². The number of allylic oxidation sites excluding steroid dienone is 13. The molecular formula is C67H119NO8. The van der Waals surface area contributed by atoms with Crippen molar-refractivity contribution in [2.24, 2.45) is 0 Å². The van der Waals surface area contributed by atoms with Crippen molar-refractivity contribution in [3.63, 3.8) is 0 Å². The molecule has 1 amide bonds. The fraction of sp³-hybridized carbons (Fsp3) is 0.776. The first kappa shape index (κ1) is 71.4. The molecule has 9 heteroatoms.